The highest BCUT2D eigenvalue weighted by molar-refractivity contribution is 5.91. The zero-order valence-corrected chi connectivity index (χ0v) is 11.4. The molecule has 2 nitrogen and oxygen atoms in total. The van der Waals surface area contributed by atoms with Gasteiger partial charge in [0.05, 0.1) is 5.41 Å². The lowest BCUT2D eigenvalue weighted by Gasteiger charge is -2.29. The molecule has 2 heteroatoms. The molecule has 19 heavy (non-hydrogen) atoms. The van der Waals surface area contributed by atoms with Crippen LogP contribution >= 0.6 is 0 Å². The van der Waals surface area contributed by atoms with Crippen molar-refractivity contribution in [3.8, 4) is 0 Å². The molecule has 2 rings (SSSR count). The number of nitrogens with one attached hydrogen (secondary N) is 1. The minimum atomic E-state index is -0.654. The van der Waals surface area contributed by atoms with Crippen molar-refractivity contribution in [1.82, 2.24) is 5.32 Å². The van der Waals surface area contributed by atoms with E-state index >= 15 is 0 Å². The molecular formula is C17H19NO. The third-order valence-electron chi connectivity index (χ3n) is 3.49. The van der Waals surface area contributed by atoms with Gasteiger partial charge in [-0.2, -0.15) is 0 Å². The molecule has 1 amide bonds. The molecule has 0 aliphatic carbocycles. The standard InChI is InChI=1S/C17H19NO/c1-3-18-16(19)17(2,14-10-6-4-7-11-14)15-12-8-5-9-13-15/h4-13H,3H2,1-2H3,(H,18,19). The van der Waals surface area contributed by atoms with E-state index in [2.05, 4.69) is 5.32 Å². The topological polar surface area (TPSA) is 29.1 Å². The highest BCUT2D eigenvalue weighted by atomic mass is 16.2. The maximum Gasteiger partial charge on any atom is 0.234 e. The zero-order valence-electron chi connectivity index (χ0n) is 11.4. The number of carbonyl (C=O) groups excluding carboxylic acids is 1. The van der Waals surface area contributed by atoms with Crippen molar-refractivity contribution in [3.05, 3.63) is 71.8 Å². The average Bonchev–Trinajstić information content (AvgIpc) is 2.48. The summed E-state index contributed by atoms with van der Waals surface area (Å²) in [4.78, 5) is 12.6. The summed E-state index contributed by atoms with van der Waals surface area (Å²) in [5.41, 5.74) is 1.36. The first kappa shape index (κ1) is 13.3. The van der Waals surface area contributed by atoms with Crippen LogP contribution in [0.2, 0.25) is 0 Å². The summed E-state index contributed by atoms with van der Waals surface area (Å²) in [6.07, 6.45) is 0. The molecule has 2 aromatic rings. The van der Waals surface area contributed by atoms with Crippen molar-refractivity contribution < 1.29 is 4.79 Å². The molecule has 2 aromatic carbocycles. The first-order chi connectivity index (χ1) is 9.19. The van der Waals surface area contributed by atoms with E-state index in [1.807, 2.05) is 74.5 Å². The quantitative estimate of drug-likeness (QED) is 0.891. The molecular weight excluding hydrogens is 234 g/mol. The molecule has 0 aromatic heterocycles. The fourth-order valence-corrected chi connectivity index (χ4v) is 2.31. The second kappa shape index (κ2) is 5.70. The third kappa shape index (κ3) is 2.53. The van der Waals surface area contributed by atoms with Crippen LogP contribution in [0.4, 0.5) is 0 Å². The monoisotopic (exact) mass is 253 g/mol. The second-order valence-corrected chi connectivity index (χ2v) is 4.72. The van der Waals surface area contributed by atoms with Gasteiger partial charge in [0, 0.05) is 6.54 Å². The maximum absolute atomic E-state index is 12.6. The number of benzene rings is 2. The number of likely N-dealkylation sites (N-methyl/N-ethyl adjacent to an activating group) is 1. The highest BCUT2D eigenvalue weighted by Crippen LogP contribution is 2.32. The van der Waals surface area contributed by atoms with Crippen LogP contribution in [0.3, 0.4) is 0 Å². The van der Waals surface area contributed by atoms with Crippen LogP contribution in [0.1, 0.15) is 25.0 Å². The summed E-state index contributed by atoms with van der Waals surface area (Å²) >= 11 is 0. The molecule has 0 spiro atoms. The van der Waals surface area contributed by atoms with E-state index < -0.39 is 5.41 Å². The number of amides is 1. The molecule has 0 saturated heterocycles. The number of carbonyl (C=O) groups is 1. The Morgan fingerprint density at radius 2 is 1.37 bits per heavy atom. The lowest BCUT2D eigenvalue weighted by atomic mass is 9.75. The normalized spacial score (nSPS) is 11.1. The Kier molecular flexibility index (Phi) is 4.00. The van der Waals surface area contributed by atoms with Gasteiger partial charge in [0.15, 0.2) is 0 Å². The van der Waals surface area contributed by atoms with Gasteiger partial charge in [0.2, 0.25) is 5.91 Å². The molecule has 0 fully saturated rings. The van der Waals surface area contributed by atoms with Crippen LogP contribution in [-0.2, 0) is 10.2 Å². The summed E-state index contributed by atoms with van der Waals surface area (Å²) in [6.45, 7) is 4.55. The van der Waals surface area contributed by atoms with Crippen molar-refractivity contribution in [2.24, 2.45) is 0 Å². The van der Waals surface area contributed by atoms with Crippen molar-refractivity contribution >= 4 is 5.91 Å². The lowest BCUT2D eigenvalue weighted by Crippen LogP contribution is -2.43. The van der Waals surface area contributed by atoms with Gasteiger partial charge < -0.3 is 5.32 Å². The van der Waals surface area contributed by atoms with Gasteiger partial charge in [0.25, 0.3) is 0 Å². The van der Waals surface area contributed by atoms with Crippen molar-refractivity contribution in [3.63, 3.8) is 0 Å². The summed E-state index contributed by atoms with van der Waals surface area (Å²) < 4.78 is 0. The number of rotatable bonds is 4. The number of hydrogen-bond acceptors (Lipinski definition) is 1. The predicted molar refractivity (Wildman–Crippen MR) is 78.0 cm³/mol. The Balaban J connectivity index is 2.54. The number of hydrogen-bond donors (Lipinski definition) is 1. The van der Waals surface area contributed by atoms with E-state index in [0.29, 0.717) is 6.54 Å². The van der Waals surface area contributed by atoms with Gasteiger partial charge in [-0.3, -0.25) is 4.79 Å². The molecule has 0 saturated carbocycles. The second-order valence-electron chi connectivity index (χ2n) is 4.72. The first-order valence-electron chi connectivity index (χ1n) is 6.59. The molecule has 0 bridgehead atoms. The SMILES string of the molecule is CCNC(=O)C(C)(c1ccccc1)c1ccccc1. The minimum Gasteiger partial charge on any atom is -0.355 e. The van der Waals surface area contributed by atoms with Crippen molar-refractivity contribution in [2.45, 2.75) is 19.3 Å². The summed E-state index contributed by atoms with van der Waals surface area (Å²) in [5.74, 6) is 0.0346. The Morgan fingerprint density at radius 3 is 1.74 bits per heavy atom. The Bertz CT molecular complexity index is 494. The molecule has 0 aliphatic heterocycles. The maximum atomic E-state index is 12.6. The van der Waals surface area contributed by atoms with E-state index in [1.54, 1.807) is 0 Å². The van der Waals surface area contributed by atoms with E-state index in [-0.39, 0.29) is 5.91 Å². The fourth-order valence-electron chi connectivity index (χ4n) is 2.31. The molecule has 98 valence electrons. The van der Waals surface area contributed by atoms with Gasteiger partial charge in [-0.05, 0) is 25.0 Å². The van der Waals surface area contributed by atoms with Crippen molar-refractivity contribution in [2.75, 3.05) is 6.54 Å². The van der Waals surface area contributed by atoms with E-state index in [1.165, 1.54) is 0 Å². The van der Waals surface area contributed by atoms with Crippen LogP contribution in [0.15, 0.2) is 60.7 Å². The Morgan fingerprint density at radius 1 is 0.947 bits per heavy atom. The van der Waals surface area contributed by atoms with Gasteiger partial charge >= 0.3 is 0 Å². The minimum absolute atomic E-state index is 0.0346. The van der Waals surface area contributed by atoms with Crippen LogP contribution in [0.5, 0.6) is 0 Å². The molecule has 0 atom stereocenters. The van der Waals surface area contributed by atoms with Crippen LogP contribution < -0.4 is 5.32 Å². The summed E-state index contributed by atoms with van der Waals surface area (Å²) in [7, 11) is 0. The van der Waals surface area contributed by atoms with Gasteiger partial charge in [-0.15, -0.1) is 0 Å². The average molecular weight is 253 g/mol. The predicted octanol–water partition coefficient (Wildman–Crippen LogP) is 3.13. The summed E-state index contributed by atoms with van der Waals surface area (Å²) in [6, 6.07) is 19.8. The van der Waals surface area contributed by atoms with Crippen LogP contribution in [-0.4, -0.2) is 12.5 Å². The Labute approximate surface area is 114 Å². The smallest absolute Gasteiger partial charge is 0.234 e. The fraction of sp³-hybridized carbons (Fsp3) is 0.235. The van der Waals surface area contributed by atoms with Crippen LogP contribution in [0, 0.1) is 0 Å². The largest absolute Gasteiger partial charge is 0.355 e. The first-order valence-corrected chi connectivity index (χ1v) is 6.59. The Hall–Kier alpha value is -2.09. The van der Waals surface area contributed by atoms with E-state index in [0.717, 1.165) is 11.1 Å². The molecule has 0 heterocycles. The molecule has 0 unspecified atom stereocenters. The molecule has 0 aliphatic rings. The molecule has 0 radical (unpaired) electrons. The van der Waals surface area contributed by atoms with Gasteiger partial charge in [-0.1, -0.05) is 60.7 Å². The van der Waals surface area contributed by atoms with E-state index in [4.69, 9.17) is 0 Å². The zero-order chi connectivity index (χ0) is 13.7. The van der Waals surface area contributed by atoms with E-state index in [9.17, 15) is 4.79 Å². The molecule has 1 N–H and O–H groups in total. The van der Waals surface area contributed by atoms with Gasteiger partial charge in [-0.25, -0.2) is 0 Å². The van der Waals surface area contributed by atoms with Gasteiger partial charge in [0.1, 0.15) is 0 Å². The van der Waals surface area contributed by atoms with Crippen LogP contribution in [0.25, 0.3) is 0 Å². The highest BCUT2D eigenvalue weighted by Gasteiger charge is 2.36. The van der Waals surface area contributed by atoms with Crippen molar-refractivity contribution in [1.29, 1.82) is 0 Å². The third-order valence-corrected chi connectivity index (χ3v) is 3.49. The lowest BCUT2D eigenvalue weighted by molar-refractivity contribution is -0.124. The summed E-state index contributed by atoms with van der Waals surface area (Å²) in [5, 5.41) is 2.94.